The maximum absolute atomic E-state index is 12.5. The first-order valence-electron chi connectivity index (χ1n) is 9.70. The number of fused-ring (bicyclic) bond motifs is 1. The van der Waals surface area contributed by atoms with E-state index >= 15 is 0 Å². The normalized spacial score (nSPS) is 17.9. The average molecular weight is 371 g/mol. The molecule has 138 valence electrons. The van der Waals surface area contributed by atoms with Gasteiger partial charge in [-0.2, -0.15) is 0 Å². The van der Waals surface area contributed by atoms with Crippen LogP contribution in [0.1, 0.15) is 51.6 Å². The molecule has 1 aliphatic heterocycles. The molecule has 0 spiro atoms. The predicted molar refractivity (Wildman–Crippen MR) is 104 cm³/mol. The van der Waals surface area contributed by atoms with Gasteiger partial charge in [-0.15, -0.1) is 11.3 Å². The summed E-state index contributed by atoms with van der Waals surface area (Å²) < 4.78 is 0. The second-order valence-electron chi connectivity index (χ2n) is 7.19. The minimum atomic E-state index is 0.124. The van der Waals surface area contributed by atoms with Crippen LogP contribution in [0.5, 0.6) is 0 Å². The summed E-state index contributed by atoms with van der Waals surface area (Å²) >= 11 is 1.91. The van der Waals surface area contributed by atoms with Gasteiger partial charge < -0.3 is 10.2 Å². The first-order chi connectivity index (χ1) is 12.8. The molecule has 0 aromatic carbocycles. The zero-order valence-electron chi connectivity index (χ0n) is 15.1. The lowest BCUT2D eigenvalue weighted by atomic mass is 10.0. The maximum Gasteiger partial charge on any atom is 0.253 e. The van der Waals surface area contributed by atoms with Gasteiger partial charge in [-0.25, -0.2) is 4.98 Å². The maximum atomic E-state index is 12.5. The standard InChI is InChI=1S/C20H26N4OS/c25-20(15-5-10-21-11-6-15)24-13-8-16(9-14-24)22-12-7-19-23-17-3-1-2-4-18(17)26-19/h5-6,10-11,16,22H,1-4,7-9,12-14H2. The molecule has 0 unspecified atom stereocenters. The highest BCUT2D eigenvalue weighted by Gasteiger charge is 2.23. The summed E-state index contributed by atoms with van der Waals surface area (Å²) in [6.45, 7) is 2.63. The minimum absolute atomic E-state index is 0.124. The number of hydrogen-bond donors (Lipinski definition) is 1. The third-order valence-electron chi connectivity index (χ3n) is 5.37. The molecule has 2 aromatic heterocycles. The highest BCUT2D eigenvalue weighted by Crippen LogP contribution is 2.26. The molecule has 1 amide bonds. The Morgan fingerprint density at radius 1 is 1.19 bits per heavy atom. The third kappa shape index (κ3) is 4.13. The summed E-state index contributed by atoms with van der Waals surface area (Å²) in [6.07, 6.45) is 11.4. The van der Waals surface area contributed by atoms with Gasteiger partial charge in [0, 0.05) is 54.9 Å². The fourth-order valence-electron chi connectivity index (χ4n) is 3.86. The van der Waals surface area contributed by atoms with Gasteiger partial charge in [0.2, 0.25) is 0 Å². The monoisotopic (exact) mass is 370 g/mol. The van der Waals surface area contributed by atoms with Crippen molar-refractivity contribution in [1.82, 2.24) is 20.2 Å². The molecule has 4 rings (SSSR count). The molecule has 1 saturated heterocycles. The number of aryl methyl sites for hydroxylation is 2. The van der Waals surface area contributed by atoms with Crippen molar-refractivity contribution in [3.05, 3.63) is 45.7 Å². The number of rotatable bonds is 5. The number of likely N-dealkylation sites (tertiary alicyclic amines) is 1. The molecule has 2 aliphatic rings. The Morgan fingerprint density at radius 2 is 1.96 bits per heavy atom. The van der Waals surface area contributed by atoms with E-state index in [9.17, 15) is 4.79 Å². The molecule has 5 nitrogen and oxygen atoms in total. The van der Waals surface area contributed by atoms with E-state index in [0.29, 0.717) is 6.04 Å². The largest absolute Gasteiger partial charge is 0.339 e. The van der Waals surface area contributed by atoms with Gasteiger partial charge in [0.15, 0.2) is 0 Å². The van der Waals surface area contributed by atoms with E-state index in [4.69, 9.17) is 4.98 Å². The molecule has 0 bridgehead atoms. The Kier molecular flexibility index (Phi) is 5.60. The highest BCUT2D eigenvalue weighted by atomic mass is 32.1. The molecular formula is C20H26N4OS. The number of carbonyl (C=O) groups is 1. The van der Waals surface area contributed by atoms with E-state index in [-0.39, 0.29) is 5.91 Å². The predicted octanol–water partition coefficient (Wildman–Crippen LogP) is 2.85. The Morgan fingerprint density at radius 3 is 2.73 bits per heavy atom. The smallest absolute Gasteiger partial charge is 0.253 e. The van der Waals surface area contributed by atoms with Gasteiger partial charge >= 0.3 is 0 Å². The number of nitrogens with one attached hydrogen (secondary N) is 1. The van der Waals surface area contributed by atoms with E-state index < -0.39 is 0 Å². The molecule has 0 saturated carbocycles. The molecule has 3 heterocycles. The lowest BCUT2D eigenvalue weighted by molar-refractivity contribution is 0.0705. The van der Waals surface area contributed by atoms with Crippen LogP contribution in [0.25, 0.3) is 0 Å². The van der Waals surface area contributed by atoms with Crippen LogP contribution in [0, 0.1) is 0 Å². The summed E-state index contributed by atoms with van der Waals surface area (Å²) in [5.41, 5.74) is 2.10. The van der Waals surface area contributed by atoms with Crippen molar-refractivity contribution in [2.45, 2.75) is 51.0 Å². The fourth-order valence-corrected chi connectivity index (χ4v) is 5.02. The molecular weight excluding hydrogens is 344 g/mol. The Bertz CT molecular complexity index is 714. The van der Waals surface area contributed by atoms with Crippen molar-refractivity contribution in [3.8, 4) is 0 Å². The average Bonchev–Trinajstić information content (AvgIpc) is 3.11. The van der Waals surface area contributed by atoms with Gasteiger partial charge in [-0.3, -0.25) is 9.78 Å². The number of carbonyl (C=O) groups excluding carboxylic acids is 1. The van der Waals surface area contributed by atoms with E-state index in [2.05, 4.69) is 10.3 Å². The first kappa shape index (κ1) is 17.6. The van der Waals surface area contributed by atoms with E-state index in [1.54, 1.807) is 24.5 Å². The zero-order chi connectivity index (χ0) is 17.8. The van der Waals surface area contributed by atoms with Crippen LogP contribution >= 0.6 is 11.3 Å². The van der Waals surface area contributed by atoms with E-state index in [1.165, 1.54) is 41.3 Å². The van der Waals surface area contributed by atoms with E-state index in [0.717, 1.165) is 44.5 Å². The summed E-state index contributed by atoms with van der Waals surface area (Å²) in [5, 5.41) is 4.96. The zero-order valence-corrected chi connectivity index (χ0v) is 15.9. The molecule has 6 heteroatoms. The van der Waals surface area contributed by atoms with Crippen LogP contribution in [-0.2, 0) is 19.3 Å². The van der Waals surface area contributed by atoms with Crippen molar-refractivity contribution in [1.29, 1.82) is 0 Å². The van der Waals surface area contributed by atoms with Crippen molar-refractivity contribution in [2.75, 3.05) is 19.6 Å². The van der Waals surface area contributed by atoms with Crippen molar-refractivity contribution < 1.29 is 4.79 Å². The second-order valence-corrected chi connectivity index (χ2v) is 8.36. The number of amides is 1. The molecule has 0 atom stereocenters. The number of aromatic nitrogens is 2. The number of piperidine rings is 1. The van der Waals surface area contributed by atoms with Gasteiger partial charge in [0.05, 0.1) is 10.7 Å². The van der Waals surface area contributed by atoms with Crippen molar-refractivity contribution in [3.63, 3.8) is 0 Å². The van der Waals surface area contributed by atoms with Gasteiger partial charge in [-0.05, 0) is 50.7 Å². The Hall–Kier alpha value is -1.79. The summed E-state index contributed by atoms with van der Waals surface area (Å²) in [6, 6.07) is 4.09. The second kappa shape index (κ2) is 8.27. The summed E-state index contributed by atoms with van der Waals surface area (Å²) in [4.78, 5) is 24.8. The quantitative estimate of drug-likeness (QED) is 0.879. The molecule has 0 radical (unpaired) electrons. The molecule has 26 heavy (non-hydrogen) atoms. The third-order valence-corrected chi connectivity index (χ3v) is 6.59. The number of thiazole rings is 1. The van der Waals surface area contributed by atoms with Crippen LogP contribution in [0.2, 0.25) is 0 Å². The first-order valence-corrected chi connectivity index (χ1v) is 10.5. The fraction of sp³-hybridized carbons (Fsp3) is 0.550. The van der Waals surface area contributed by atoms with Gasteiger partial charge in [0.1, 0.15) is 0 Å². The topological polar surface area (TPSA) is 58.1 Å². The van der Waals surface area contributed by atoms with Crippen molar-refractivity contribution in [2.24, 2.45) is 0 Å². The SMILES string of the molecule is O=C(c1ccncc1)N1CCC(NCCc2nc3c(s2)CCCC3)CC1. The molecule has 2 aromatic rings. The molecule has 1 N–H and O–H groups in total. The lowest BCUT2D eigenvalue weighted by Crippen LogP contribution is -2.45. The van der Waals surface area contributed by atoms with Gasteiger partial charge in [0.25, 0.3) is 5.91 Å². The van der Waals surface area contributed by atoms with Crippen LogP contribution < -0.4 is 5.32 Å². The minimum Gasteiger partial charge on any atom is -0.339 e. The van der Waals surface area contributed by atoms with Crippen LogP contribution in [0.3, 0.4) is 0 Å². The van der Waals surface area contributed by atoms with Crippen LogP contribution in [-0.4, -0.2) is 46.5 Å². The Balaban J connectivity index is 1.21. The summed E-state index contributed by atoms with van der Waals surface area (Å²) in [5.74, 6) is 0.124. The van der Waals surface area contributed by atoms with Crippen LogP contribution in [0.15, 0.2) is 24.5 Å². The highest BCUT2D eigenvalue weighted by molar-refractivity contribution is 7.11. The number of hydrogen-bond acceptors (Lipinski definition) is 5. The van der Waals surface area contributed by atoms with E-state index in [1.807, 2.05) is 16.2 Å². The summed E-state index contributed by atoms with van der Waals surface area (Å²) in [7, 11) is 0. The molecule has 1 aliphatic carbocycles. The van der Waals surface area contributed by atoms with Crippen molar-refractivity contribution >= 4 is 17.2 Å². The molecule has 1 fully saturated rings. The number of pyridine rings is 1. The van der Waals surface area contributed by atoms with Crippen LogP contribution in [0.4, 0.5) is 0 Å². The lowest BCUT2D eigenvalue weighted by Gasteiger charge is -2.32. The number of nitrogens with zero attached hydrogens (tertiary/aromatic N) is 3. The van der Waals surface area contributed by atoms with Gasteiger partial charge in [-0.1, -0.05) is 0 Å². The Labute approximate surface area is 158 Å².